The lowest BCUT2D eigenvalue weighted by molar-refractivity contribution is 0.0361. The number of aldehydes is 1. The van der Waals surface area contributed by atoms with Gasteiger partial charge in [-0.15, -0.1) is 0 Å². The molecule has 4 nitrogen and oxygen atoms in total. The van der Waals surface area contributed by atoms with Crippen molar-refractivity contribution in [3.05, 3.63) is 64.7 Å². The van der Waals surface area contributed by atoms with Gasteiger partial charge in [0.05, 0.1) is 11.7 Å². The lowest BCUT2D eigenvalue weighted by atomic mass is 9.82. The normalized spacial score (nSPS) is 22.7. The molecule has 0 radical (unpaired) electrons. The van der Waals surface area contributed by atoms with Gasteiger partial charge in [-0.3, -0.25) is 9.69 Å². The first-order valence-corrected chi connectivity index (χ1v) is 15.1. The second-order valence-electron chi connectivity index (χ2n) is 11.2. The molecule has 0 spiro atoms. The number of nitrogens with zero attached hydrogens (tertiary/aromatic N) is 2. The summed E-state index contributed by atoms with van der Waals surface area (Å²) in [5.41, 5.74) is 3.77. The first kappa shape index (κ1) is 24.2. The number of hydrogen-bond donors (Lipinski definition) is 0. The lowest BCUT2D eigenvalue weighted by Crippen LogP contribution is -2.56. The molecule has 0 N–H and O–H groups in total. The Balaban J connectivity index is 1.54. The quantitative estimate of drug-likeness (QED) is 0.317. The molecular formula is C27H37FN2O2Si. The van der Waals surface area contributed by atoms with Crippen LogP contribution in [0.1, 0.15) is 66.6 Å². The summed E-state index contributed by atoms with van der Waals surface area (Å²) >= 11 is 0. The van der Waals surface area contributed by atoms with Crippen LogP contribution in [0.25, 0.3) is 0 Å². The third kappa shape index (κ3) is 4.98. The number of benzene rings is 1. The average molecular weight is 469 g/mol. The molecule has 178 valence electrons. The van der Waals surface area contributed by atoms with Gasteiger partial charge < -0.3 is 4.43 Å². The van der Waals surface area contributed by atoms with Gasteiger partial charge in [0.1, 0.15) is 0 Å². The van der Waals surface area contributed by atoms with E-state index in [1.54, 1.807) is 0 Å². The van der Waals surface area contributed by atoms with Gasteiger partial charge in [-0.1, -0.05) is 45.0 Å². The number of hydrogen-bond acceptors (Lipinski definition) is 4. The summed E-state index contributed by atoms with van der Waals surface area (Å²) in [5.74, 6) is -0.466. The Morgan fingerprint density at radius 2 is 1.73 bits per heavy atom. The Kier molecular flexibility index (Phi) is 6.90. The maximum Gasteiger partial charge on any atom is 0.223 e. The largest absolute Gasteiger partial charge is 0.412 e. The third-order valence-corrected chi connectivity index (χ3v) is 12.7. The molecule has 33 heavy (non-hydrogen) atoms. The Hall–Kier alpha value is -1.89. The van der Waals surface area contributed by atoms with Crippen molar-refractivity contribution in [3.8, 4) is 0 Å². The summed E-state index contributed by atoms with van der Waals surface area (Å²) in [7, 11) is -1.92. The van der Waals surface area contributed by atoms with Crippen LogP contribution in [0.15, 0.2) is 36.5 Å². The predicted octanol–water partition coefficient (Wildman–Crippen LogP) is 5.77. The molecule has 1 saturated heterocycles. The highest BCUT2D eigenvalue weighted by atomic mass is 28.4. The SMILES string of the molecule is CC(C)(C)[Si](C)(C)OC1Cc2ccccc2CC1N1CCC(c2ccnc(F)c2C=O)CC1. The molecule has 1 aliphatic heterocycles. The highest BCUT2D eigenvalue weighted by Gasteiger charge is 2.43. The fourth-order valence-electron chi connectivity index (χ4n) is 5.18. The van der Waals surface area contributed by atoms with E-state index in [0.717, 1.165) is 44.3 Å². The Morgan fingerprint density at radius 1 is 1.09 bits per heavy atom. The first-order chi connectivity index (χ1) is 15.6. The Morgan fingerprint density at radius 3 is 2.33 bits per heavy atom. The predicted molar refractivity (Wildman–Crippen MR) is 133 cm³/mol. The summed E-state index contributed by atoms with van der Waals surface area (Å²) in [6.07, 6.45) is 6.06. The topological polar surface area (TPSA) is 42.4 Å². The van der Waals surface area contributed by atoms with Crippen LogP contribution in [-0.4, -0.2) is 49.7 Å². The standard InChI is InChI=1S/C27H37FN2O2Si/c1-27(2,3)33(4,5)32-25-17-21-9-7-6-8-20(21)16-24(25)30-14-11-19(12-15-30)22-10-13-29-26(28)23(22)18-31/h6-10,13,18-19,24-25H,11-12,14-17H2,1-5H3. The van der Waals surface area contributed by atoms with E-state index in [1.165, 1.54) is 17.3 Å². The zero-order valence-electron chi connectivity index (χ0n) is 20.6. The van der Waals surface area contributed by atoms with Crippen molar-refractivity contribution < 1.29 is 13.6 Å². The first-order valence-electron chi connectivity index (χ1n) is 12.2. The van der Waals surface area contributed by atoms with Crippen LogP contribution < -0.4 is 0 Å². The molecule has 1 aliphatic carbocycles. The molecule has 1 aromatic heterocycles. The van der Waals surface area contributed by atoms with Gasteiger partial charge in [0.2, 0.25) is 5.95 Å². The van der Waals surface area contributed by atoms with Crippen molar-refractivity contribution in [2.24, 2.45) is 0 Å². The summed E-state index contributed by atoms with van der Waals surface area (Å²) in [6, 6.07) is 10.9. The molecule has 4 rings (SSSR count). The lowest BCUT2D eigenvalue weighted by Gasteiger charge is -2.48. The van der Waals surface area contributed by atoms with Crippen LogP contribution in [0, 0.1) is 5.95 Å². The molecular weight excluding hydrogens is 431 g/mol. The monoisotopic (exact) mass is 468 g/mol. The number of halogens is 1. The van der Waals surface area contributed by atoms with Crippen LogP contribution in [-0.2, 0) is 17.3 Å². The molecule has 2 aliphatic rings. The van der Waals surface area contributed by atoms with Crippen LogP contribution in [0.3, 0.4) is 0 Å². The van der Waals surface area contributed by atoms with E-state index < -0.39 is 14.3 Å². The van der Waals surface area contributed by atoms with Crippen molar-refractivity contribution >= 4 is 14.6 Å². The van der Waals surface area contributed by atoms with Crippen LogP contribution >= 0.6 is 0 Å². The maximum absolute atomic E-state index is 14.1. The summed E-state index contributed by atoms with van der Waals surface area (Å²) in [4.78, 5) is 17.7. The number of rotatable bonds is 5. The zero-order valence-corrected chi connectivity index (χ0v) is 21.6. The molecule has 0 bridgehead atoms. The third-order valence-electron chi connectivity index (χ3n) is 8.18. The number of aromatic nitrogens is 1. The van der Waals surface area contributed by atoms with Gasteiger partial charge in [-0.2, -0.15) is 4.39 Å². The summed E-state index contributed by atoms with van der Waals surface area (Å²) in [6.45, 7) is 13.4. The number of piperidine rings is 1. The van der Waals surface area contributed by atoms with Gasteiger partial charge in [0.25, 0.3) is 0 Å². The van der Waals surface area contributed by atoms with Crippen molar-refractivity contribution in [1.82, 2.24) is 9.88 Å². The van der Waals surface area contributed by atoms with Crippen molar-refractivity contribution in [2.45, 2.75) is 82.7 Å². The van der Waals surface area contributed by atoms with Crippen molar-refractivity contribution in [3.63, 3.8) is 0 Å². The van der Waals surface area contributed by atoms with E-state index >= 15 is 0 Å². The summed E-state index contributed by atoms with van der Waals surface area (Å²) in [5, 5.41) is 0.165. The fourth-order valence-corrected chi connectivity index (χ4v) is 6.53. The van der Waals surface area contributed by atoms with Gasteiger partial charge >= 0.3 is 0 Å². The number of carbonyl (C=O) groups is 1. The molecule has 2 unspecified atom stereocenters. The van der Waals surface area contributed by atoms with Crippen LogP contribution in [0.2, 0.25) is 18.1 Å². The molecule has 1 aromatic carbocycles. The number of pyridine rings is 1. The number of carbonyl (C=O) groups excluding carboxylic acids is 1. The van der Waals surface area contributed by atoms with Crippen molar-refractivity contribution in [2.75, 3.05) is 13.1 Å². The van der Waals surface area contributed by atoms with Crippen LogP contribution in [0.5, 0.6) is 0 Å². The molecule has 6 heteroatoms. The van der Waals surface area contributed by atoms with Gasteiger partial charge in [0, 0.05) is 12.2 Å². The molecule has 1 fully saturated rings. The van der Waals surface area contributed by atoms with E-state index in [4.69, 9.17) is 4.43 Å². The molecule has 2 heterocycles. The van der Waals surface area contributed by atoms with E-state index in [2.05, 4.69) is 68.0 Å². The molecule has 2 atom stereocenters. The zero-order chi connectivity index (χ0) is 23.8. The molecule has 0 amide bonds. The maximum atomic E-state index is 14.1. The Labute approximate surface area is 198 Å². The minimum Gasteiger partial charge on any atom is -0.412 e. The number of fused-ring (bicyclic) bond motifs is 1. The van der Waals surface area contributed by atoms with Crippen LogP contribution in [0.4, 0.5) is 4.39 Å². The van der Waals surface area contributed by atoms with E-state index in [1.807, 2.05) is 6.07 Å². The molecule has 0 saturated carbocycles. The van der Waals surface area contributed by atoms with Gasteiger partial charge in [0.15, 0.2) is 14.6 Å². The minimum absolute atomic E-state index is 0.127. The Bertz CT molecular complexity index is 996. The fraction of sp³-hybridized carbons (Fsp3) is 0.556. The van der Waals surface area contributed by atoms with E-state index in [0.29, 0.717) is 12.3 Å². The van der Waals surface area contributed by atoms with Gasteiger partial charge in [-0.05, 0) is 85.6 Å². The number of likely N-dealkylation sites (tertiary alicyclic amines) is 1. The highest BCUT2D eigenvalue weighted by Crippen LogP contribution is 2.40. The minimum atomic E-state index is -1.92. The van der Waals surface area contributed by atoms with E-state index in [9.17, 15) is 9.18 Å². The summed E-state index contributed by atoms with van der Waals surface area (Å²) < 4.78 is 21.1. The highest BCUT2D eigenvalue weighted by molar-refractivity contribution is 6.74. The van der Waals surface area contributed by atoms with Gasteiger partial charge in [-0.25, -0.2) is 4.98 Å². The second kappa shape index (κ2) is 9.39. The van der Waals surface area contributed by atoms with E-state index in [-0.39, 0.29) is 22.6 Å². The second-order valence-corrected chi connectivity index (χ2v) is 16.0. The smallest absolute Gasteiger partial charge is 0.223 e. The van der Waals surface area contributed by atoms with Crippen molar-refractivity contribution in [1.29, 1.82) is 0 Å². The average Bonchev–Trinajstić information content (AvgIpc) is 2.77. The molecule has 2 aromatic rings.